The third kappa shape index (κ3) is 2.06. The summed E-state index contributed by atoms with van der Waals surface area (Å²) >= 11 is 0. The smallest absolute Gasteiger partial charge is 0.417 e. The van der Waals surface area contributed by atoms with Crippen molar-refractivity contribution in [2.24, 2.45) is 4.99 Å². The molecule has 0 N–H and O–H groups in total. The van der Waals surface area contributed by atoms with E-state index in [4.69, 9.17) is 4.74 Å². The van der Waals surface area contributed by atoms with Crippen molar-refractivity contribution in [2.75, 3.05) is 0 Å². The number of halogens is 3. The molecular formula is C16H11F3N2O. The first-order valence-corrected chi connectivity index (χ1v) is 6.88. The van der Waals surface area contributed by atoms with Gasteiger partial charge in [0.25, 0.3) is 0 Å². The Kier molecular flexibility index (Phi) is 2.76. The van der Waals surface area contributed by atoms with E-state index in [0.29, 0.717) is 11.6 Å². The number of alkyl halides is 3. The number of aromatic nitrogens is 1. The highest BCUT2D eigenvalue weighted by Gasteiger charge is 2.40. The van der Waals surface area contributed by atoms with Gasteiger partial charge in [0.2, 0.25) is 5.90 Å². The van der Waals surface area contributed by atoms with Crippen molar-refractivity contribution < 1.29 is 17.9 Å². The summed E-state index contributed by atoms with van der Waals surface area (Å²) < 4.78 is 43.4. The normalized spacial score (nSPS) is 22.8. The summed E-state index contributed by atoms with van der Waals surface area (Å²) in [6.45, 7) is 0. The van der Waals surface area contributed by atoms with Crippen LogP contribution >= 0.6 is 0 Å². The molecule has 6 heteroatoms. The minimum absolute atomic E-state index is 0.0866. The molecule has 0 unspecified atom stereocenters. The Morgan fingerprint density at radius 2 is 1.91 bits per heavy atom. The number of pyridine rings is 1. The number of aliphatic imine (C=N–C) groups is 1. The van der Waals surface area contributed by atoms with Gasteiger partial charge in [-0.15, -0.1) is 0 Å². The van der Waals surface area contributed by atoms with E-state index in [9.17, 15) is 13.2 Å². The van der Waals surface area contributed by atoms with Crippen molar-refractivity contribution in [3.05, 3.63) is 65.0 Å². The lowest BCUT2D eigenvalue weighted by atomic mass is 10.1. The van der Waals surface area contributed by atoms with E-state index in [-0.39, 0.29) is 12.1 Å². The van der Waals surface area contributed by atoms with E-state index in [1.54, 1.807) is 0 Å². The summed E-state index contributed by atoms with van der Waals surface area (Å²) in [5.74, 6) is 0.318. The van der Waals surface area contributed by atoms with Crippen molar-refractivity contribution in [1.82, 2.24) is 4.98 Å². The molecule has 2 atom stereocenters. The molecule has 2 heterocycles. The quantitative estimate of drug-likeness (QED) is 0.807. The molecule has 3 nitrogen and oxygen atoms in total. The SMILES string of the molecule is FC(F)(F)c1ccc(C2=N[C@@H]3c4ccccc4C[C@@H]3O2)nc1. The fraction of sp³-hybridized carbons (Fsp3) is 0.250. The van der Waals surface area contributed by atoms with Crippen LogP contribution in [0.25, 0.3) is 0 Å². The van der Waals surface area contributed by atoms with E-state index < -0.39 is 11.7 Å². The van der Waals surface area contributed by atoms with Gasteiger partial charge in [0.1, 0.15) is 17.8 Å². The van der Waals surface area contributed by atoms with E-state index in [2.05, 4.69) is 9.98 Å². The van der Waals surface area contributed by atoms with Crippen LogP contribution < -0.4 is 0 Å². The summed E-state index contributed by atoms with van der Waals surface area (Å²) in [6.07, 6.45) is -2.91. The third-order valence-electron chi connectivity index (χ3n) is 3.98. The Balaban J connectivity index is 1.63. The second-order valence-corrected chi connectivity index (χ2v) is 5.37. The Morgan fingerprint density at radius 3 is 2.64 bits per heavy atom. The average Bonchev–Trinajstić information content (AvgIpc) is 3.04. The molecule has 0 amide bonds. The summed E-state index contributed by atoms with van der Waals surface area (Å²) in [7, 11) is 0. The molecule has 22 heavy (non-hydrogen) atoms. The Labute approximate surface area is 124 Å². The topological polar surface area (TPSA) is 34.5 Å². The summed E-state index contributed by atoms with van der Waals surface area (Å²) in [4.78, 5) is 8.34. The maximum Gasteiger partial charge on any atom is 0.417 e. The third-order valence-corrected chi connectivity index (χ3v) is 3.98. The maximum absolute atomic E-state index is 12.5. The first-order valence-electron chi connectivity index (χ1n) is 6.88. The fourth-order valence-electron chi connectivity index (χ4n) is 2.91. The lowest BCUT2D eigenvalue weighted by Gasteiger charge is -2.09. The molecular weight excluding hydrogens is 293 g/mol. The highest BCUT2D eigenvalue weighted by molar-refractivity contribution is 5.93. The lowest BCUT2D eigenvalue weighted by molar-refractivity contribution is -0.137. The molecule has 1 aliphatic heterocycles. The molecule has 0 spiro atoms. The van der Waals surface area contributed by atoms with Gasteiger partial charge in [0, 0.05) is 12.6 Å². The number of hydrogen-bond acceptors (Lipinski definition) is 3. The predicted octanol–water partition coefficient (Wildman–Crippen LogP) is 3.54. The Hall–Kier alpha value is -2.37. The number of ether oxygens (including phenoxy) is 1. The van der Waals surface area contributed by atoms with E-state index in [1.165, 1.54) is 11.6 Å². The molecule has 1 aromatic carbocycles. The zero-order valence-electron chi connectivity index (χ0n) is 11.3. The standard InChI is InChI=1S/C16H11F3N2O/c17-16(18,19)10-5-6-12(20-8-10)15-21-14-11-4-2-1-3-9(11)7-13(14)22-15/h1-6,8,13-14H,7H2/t13-,14+/m0/s1. The first kappa shape index (κ1) is 13.3. The molecule has 2 aromatic rings. The number of rotatable bonds is 1. The van der Waals surface area contributed by atoms with Crippen LogP contribution in [-0.4, -0.2) is 17.0 Å². The largest absolute Gasteiger partial charge is 0.470 e. The number of hydrogen-bond donors (Lipinski definition) is 0. The average molecular weight is 304 g/mol. The van der Waals surface area contributed by atoms with Crippen molar-refractivity contribution in [2.45, 2.75) is 24.7 Å². The second-order valence-electron chi connectivity index (χ2n) is 5.37. The molecule has 0 radical (unpaired) electrons. The van der Waals surface area contributed by atoms with Crippen molar-refractivity contribution in [1.29, 1.82) is 0 Å². The van der Waals surface area contributed by atoms with Gasteiger partial charge in [-0.1, -0.05) is 24.3 Å². The zero-order chi connectivity index (χ0) is 15.3. The Bertz CT molecular complexity index is 753. The van der Waals surface area contributed by atoms with Crippen LogP contribution in [0.2, 0.25) is 0 Å². The van der Waals surface area contributed by atoms with E-state index in [1.807, 2.05) is 24.3 Å². The van der Waals surface area contributed by atoms with Gasteiger partial charge >= 0.3 is 6.18 Å². The Morgan fingerprint density at radius 1 is 1.09 bits per heavy atom. The summed E-state index contributed by atoms with van der Waals surface area (Å²) in [6, 6.07) is 10.2. The first-order chi connectivity index (χ1) is 10.5. The van der Waals surface area contributed by atoms with Crippen LogP contribution in [0.3, 0.4) is 0 Å². The van der Waals surface area contributed by atoms with Crippen LogP contribution in [0.1, 0.15) is 28.4 Å². The van der Waals surface area contributed by atoms with Crippen molar-refractivity contribution >= 4 is 5.90 Å². The van der Waals surface area contributed by atoms with Crippen LogP contribution in [0.4, 0.5) is 13.2 Å². The van der Waals surface area contributed by atoms with Gasteiger partial charge in [-0.3, -0.25) is 4.98 Å². The number of benzene rings is 1. The van der Waals surface area contributed by atoms with Crippen LogP contribution in [-0.2, 0) is 17.3 Å². The maximum atomic E-state index is 12.5. The van der Waals surface area contributed by atoms with Gasteiger partial charge in [-0.2, -0.15) is 13.2 Å². The molecule has 112 valence electrons. The van der Waals surface area contributed by atoms with Crippen molar-refractivity contribution in [3.63, 3.8) is 0 Å². The van der Waals surface area contributed by atoms with Crippen LogP contribution in [0, 0.1) is 0 Å². The molecule has 1 aromatic heterocycles. The van der Waals surface area contributed by atoms with Gasteiger partial charge in [0.15, 0.2) is 0 Å². The van der Waals surface area contributed by atoms with Crippen molar-refractivity contribution in [3.8, 4) is 0 Å². The molecule has 0 bridgehead atoms. The molecule has 0 fully saturated rings. The van der Waals surface area contributed by atoms with Crippen LogP contribution in [0.15, 0.2) is 47.6 Å². The molecule has 1 aliphatic carbocycles. The molecule has 0 saturated heterocycles. The monoisotopic (exact) mass is 304 g/mol. The summed E-state index contributed by atoms with van der Waals surface area (Å²) in [5.41, 5.74) is 1.88. The summed E-state index contributed by atoms with van der Waals surface area (Å²) in [5, 5.41) is 0. The molecule has 0 saturated carbocycles. The highest BCUT2D eigenvalue weighted by Crippen LogP contribution is 2.40. The van der Waals surface area contributed by atoms with Gasteiger partial charge < -0.3 is 4.74 Å². The predicted molar refractivity (Wildman–Crippen MR) is 73.5 cm³/mol. The minimum Gasteiger partial charge on any atom is -0.470 e. The number of nitrogens with zero attached hydrogens (tertiary/aromatic N) is 2. The van der Waals surface area contributed by atoms with Gasteiger partial charge in [-0.25, -0.2) is 4.99 Å². The zero-order valence-corrected chi connectivity index (χ0v) is 11.3. The number of fused-ring (bicyclic) bond motifs is 3. The fourth-order valence-corrected chi connectivity index (χ4v) is 2.91. The minimum atomic E-state index is -4.39. The molecule has 2 aliphatic rings. The molecule has 4 rings (SSSR count). The van der Waals surface area contributed by atoms with Gasteiger partial charge in [-0.05, 0) is 23.3 Å². The highest BCUT2D eigenvalue weighted by atomic mass is 19.4. The van der Waals surface area contributed by atoms with Gasteiger partial charge in [0.05, 0.1) is 5.56 Å². The van der Waals surface area contributed by atoms with E-state index in [0.717, 1.165) is 24.2 Å². The van der Waals surface area contributed by atoms with Crippen LogP contribution in [0.5, 0.6) is 0 Å². The lowest BCUT2D eigenvalue weighted by Crippen LogP contribution is -2.14. The second kappa shape index (κ2) is 4.56. The van der Waals surface area contributed by atoms with E-state index >= 15 is 0 Å².